The van der Waals surface area contributed by atoms with Crippen molar-refractivity contribution in [2.45, 2.75) is 0 Å². The third-order valence-corrected chi connectivity index (χ3v) is 5.50. The summed E-state index contributed by atoms with van der Waals surface area (Å²) in [6.07, 6.45) is 3.08. The van der Waals surface area contributed by atoms with Gasteiger partial charge in [-0.05, 0) is 24.3 Å². The van der Waals surface area contributed by atoms with Crippen molar-refractivity contribution in [3.8, 4) is 23.2 Å². The molecule has 3 aromatic heterocycles. The number of fused-ring (bicyclic) bond motifs is 1. The van der Waals surface area contributed by atoms with Crippen LogP contribution in [0.15, 0.2) is 42.7 Å². The maximum absolute atomic E-state index is 14.5. The molecule has 8 nitrogen and oxygen atoms in total. The number of aromatic hydroxyl groups is 1. The predicted molar refractivity (Wildman–Crippen MR) is 118 cm³/mol. The molecule has 4 aromatic rings. The predicted octanol–water partition coefficient (Wildman–Crippen LogP) is 4.06. The Labute approximate surface area is 187 Å². The fourth-order valence-electron chi connectivity index (χ4n) is 3.89. The monoisotopic (exact) mass is 448 g/mol. The molecule has 0 unspecified atom stereocenters. The number of aromatic amines is 1. The van der Waals surface area contributed by atoms with E-state index < -0.39 is 17.2 Å². The molecule has 5 rings (SSSR count). The minimum absolute atomic E-state index is 0.125. The second-order valence-corrected chi connectivity index (χ2v) is 7.44. The van der Waals surface area contributed by atoms with E-state index in [1.54, 1.807) is 12.3 Å². The molecule has 0 radical (unpaired) electrons. The lowest BCUT2D eigenvalue weighted by Crippen LogP contribution is -2.36. The van der Waals surface area contributed by atoms with Gasteiger partial charge in [0, 0.05) is 19.3 Å². The second kappa shape index (κ2) is 8.37. The van der Waals surface area contributed by atoms with Gasteiger partial charge in [-0.1, -0.05) is 6.07 Å². The van der Waals surface area contributed by atoms with Gasteiger partial charge in [0.15, 0.2) is 5.88 Å². The number of aromatic nitrogens is 3. The van der Waals surface area contributed by atoms with Crippen molar-refractivity contribution in [3.05, 3.63) is 59.9 Å². The van der Waals surface area contributed by atoms with E-state index in [1.165, 1.54) is 12.3 Å². The first-order chi connectivity index (χ1) is 16.1. The van der Waals surface area contributed by atoms with E-state index in [0.717, 1.165) is 30.9 Å². The average molecular weight is 448 g/mol. The number of nitriles is 1. The number of anilines is 3. The molecule has 0 amide bonds. The first-order valence-corrected chi connectivity index (χ1v) is 10.2. The normalized spacial score (nSPS) is 13.8. The molecule has 1 aliphatic heterocycles. The van der Waals surface area contributed by atoms with Crippen molar-refractivity contribution in [1.29, 1.82) is 5.26 Å². The molecule has 166 valence electrons. The summed E-state index contributed by atoms with van der Waals surface area (Å²) in [6, 6.07) is 9.01. The molecular weight excluding hydrogens is 430 g/mol. The van der Waals surface area contributed by atoms with E-state index >= 15 is 0 Å². The topological polar surface area (TPSA) is 110 Å². The van der Waals surface area contributed by atoms with E-state index in [1.807, 2.05) is 12.1 Å². The van der Waals surface area contributed by atoms with E-state index in [2.05, 4.69) is 25.2 Å². The summed E-state index contributed by atoms with van der Waals surface area (Å²) in [7, 11) is 0. The van der Waals surface area contributed by atoms with E-state index in [0.29, 0.717) is 19.0 Å². The van der Waals surface area contributed by atoms with Crippen LogP contribution in [0.1, 0.15) is 5.56 Å². The van der Waals surface area contributed by atoms with Gasteiger partial charge >= 0.3 is 0 Å². The lowest BCUT2D eigenvalue weighted by Gasteiger charge is -2.28. The zero-order valence-electron chi connectivity index (χ0n) is 17.3. The number of hydrogen-bond acceptors (Lipinski definition) is 7. The highest BCUT2D eigenvalue weighted by molar-refractivity contribution is 6.02. The van der Waals surface area contributed by atoms with Crippen LogP contribution in [0.25, 0.3) is 22.2 Å². The molecule has 1 aliphatic rings. The fraction of sp³-hybridized carbons (Fsp3) is 0.174. The smallest absolute Gasteiger partial charge is 0.200 e. The van der Waals surface area contributed by atoms with Crippen LogP contribution in [0, 0.1) is 23.0 Å². The van der Waals surface area contributed by atoms with Crippen molar-refractivity contribution in [2.75, 3.05) is 36.5 Å². The SMILES string of the molecule is N#Cc1c(-c2c(F)cccc2F)nc2c[nH]c(O)c2c1Nc1ccc(N2CCOCC2)cn1. The van der Waals surface area contributed by atoms with Crippen LogP contribution < -0.4 is 10.2 Å². The molecule has 10 heteroatoms. The van der Waals surface area contributed by atoms with Crippen molar-refractivity contribution in [2.24, 2.45) is 0 Å². The van der Waals surface area contributed by atoms with Gasteiger partial charge in [0.1, 0.15) is 29.1 Å². The van der Waals surface area contributed by atoms with Crippen LogP contribution in [-0.4, -0.2) is 46.4 Å². The van der Waals surface area contributed by atoms with Crippen LogP contribution in [0.3, 0.4) is 0 Å². The summed E-state index contributed by atoms with van der Waals surface area (Å²) in [5.41, 5.74) is 0.577. The van der Waals surface area contributed by atoms with Crippen LogP contribution >= 0.6 is 0 Å². The number of H-pyrrole nitrogens is 1. The Bertz CT molecular complexity index is 1350. The van der Waals surface area contributed by atoms with Gasteiger partial charge in [-0.2, -0.15) is 5.26 Å². The summed E-state index contributed by atoms with van der Waals surface area (Å²) < 4.78 is 34.5. The molecule has 1 saturated heterocycles. The Kier molecular flexibility index (Phi) is 5.24. The lowest BCUT2D eigenvalue weighted by molar-refractivity contribution is 0.122. The molecule has 1 fully saturated rings. The largest absolute Gasteiger partial charge is 0.494 e. The molecule has 0 bridgehead atoms. The Morgan fingerprint density at radius 2 is 1.91 bits per heavy atom. The lowest BCUT2D eigenvalue weighted by atomic mass is 10.0. The molecule has 1 aromatic carbocycles. The Balaban J connectivity index is 1.62. The van der Waals surface area contributed by atoms with Gasteiger partial charge in [-0.15, -0.1) is 0 Å². The van der Waals surface area contributed by atoms with Crippen molar-refractivity contribution >= 4 is 28.1 Å². The first-order valence-electron chi connectivity index (χ1n) is 10.2. The highest BCUT2D eigenvalue weighted by atomic mass is 19.1. The van der Waals surface area contributed by atoms with Gasteiger partial charge in [0.05, 0.1) is 52.9 Å². The van der Waals surface area contributed by atoms with Crippen LogP contribution in [0.5, 0.6) is 5.88 Å². The van der Waals surface area contributed by atoms with Gasteiger partial charge in [-0.3, -0.25) is 0 Å². The number of benzene rings is 1. The molecule has 0 saturated carbocycles. The second-order valence-electron chi connectivity index (χ2n) is 7.44. The number of nitrogens with zero attached hydrogens (tertiary/aromatic N) is 4. The summed E-state index contributed by atoms with van der Waals surface area (Å²) in [6.45, 7) is 2.80. The van der Waals surface area contributed by atoms with Crippen molar-refractivity contribution in [3.63, 3.8) is 0 Å². The van der Waals surface area contributed by atoms with Crippen LogP contribution in [-0.2, 0) is 4.74 Å². The third-order valence-electron chi connectivity index (χ3n) is 5.50. The van der Waals surface area contributed by atoms with E-state index in [4.69, 9.17) is 4.74 Å². The van der Waals surface area contributed by atoms with Crippen LogP contribution in [0.4, 0.5) is 26.0 Å². The third kappa shape index (κ3) is 3.68. The van der Waals surface area contributed by atoms with Gasteiger partial charge in [0.2, 0.25) is 0 Å². The minimum atomic E-state index is -0.850. The van der Waals surface area contributed by atoms with Crippen molar-refractivity contribution < 1.29 is 18.6 Å². The maximum atomic E-state index is 14.5. The number of morpholine rings is 1. The van der Waals surface area contributed by atoms with Gasteiger partial charge in [0.25, 0.3) is 0 Å². The number of hydrogen-bond donors (Lipinski definition) is 3. The van der Waals surface area contributed by atoms with E-state index in [9.17, 15) is 19.1 Å². The fourth-order valence-corrected chi connectivity index (χ4v) is 3.89. The molecular formula is C23H18F2N6O2. The molecule has 0 atom stereocenters. The Morgan fingerprint density at radius 1 is 1.15 bits per heavy atom. The Morgan fingerprint density at radius 3 is 2.58 bits per heavy atom. The quantitative estimate of drug-likeness (QED) is 0.432. The van der Waals surface area contributed by atoms with Gasteiger partial charge in [-0.25, -0.2) is 18.7 Å². The highest BCUT2D eigenvalue weighted by Crippen LogP contribution is 2.40. The van der Waals surface area contributed by atoms with Crippen LogP contribution in [0.2, 0.25) is 0 Å². The molecule has 33 heavy (non-hydrogen) atoms. The summed E-state index contributed by atoms with van der Waals surface area (Å²) in [5.74, 6) is -1.55. The zero-order chi connectivity index (χ0) is 22.9. The number of ether oxygens (including phenoxy) is 1. The number of nitrogens with one attached hydrogen (secondary N) is 2. The summed E-state index contributed by atoms with van der Waals surface area (Å²) in [4.78, 5) is 13.5. The molecule has 0 spiro atoms. The maximum Gasteiger partial charge on any atom is 0.200 e. The molecule has 4 heterocycles. The van der Waals surface area contributed by atoms with Gasteiger partial charge < -0.3 is 25.0 Å². The minimum Gasteiger partial charge on any atom is -0.494 e. The standard InChI is InChI=1S/C23H18F2N6O2/c24-15-2-1-3-16(25)19(15)21-14(10-26)22(20-17(29-21)12-28-23(20)32)30-18-5-4-13(11-27-18)31-6-8-33-9-7-31/h1-5,11-12,28,32H,6-9H2,(H,27,30). The Hall–Kier alpha value is -4.23. The molecule has 3 N–H and O–H groups in total. The highest BCUT2D eigenvalue weighted by Gasteiger charge is 2.24. The molecule has 0 aliphatic carbocycles. The number of rotatable bonds is 4. The first kappa shape index (κ1) is 20.7. The summed E-state index contributed by atoms with van der Waals surface area (Å²) in [5, 5.41) is 23.5. The summed E-state index contributed by atoms with van der Waals surface area (Å²) >= 11 is 0. The zero-order valence-corrected chi connectivity index (χ0v) is 17.3. The van der Waals surface area contributed by atoms with E-state index in [-0.39, 0.29) is 33.7 Å². The average Bonchev–Trinajstić information content (AvgIpc) is 3.20. The number of pyridine rings is 2. The number of halogens is 2. The van der Waals surface area contributed by atoms with Crippen molar-refractivity contribution in [1.82, 2.24) is 15.0 Å².